The fourth-order valence-corrected chi connectivity index (χ4v) is 5.39. The number of alkyl carbamates (subject to hydrolysis) is 1. The second-order valence-corrected chi connectivity index (χ2v) is 12.0. The monoisotopic (exact) mass is 549 g/mol. The van der Waals surface area contributed by atoms with E-state index in [1.54, 1.807) is 0 Å². The molecule has 0 spiro atoms. The lowest BCUT2D eigenvalue weighted by Crippen LogP contribution is -2.42. The Morgan fingerprint density at radius 2 is 1.48 bits per heavy atom. The standard InChI is InChI=1S/C33H47N3O4/c1-33(2,3)40-32(39)35-22-14-13-21-27(23-28(37)29(34)24-15-7-4-8-16-24)31(38)36-30(25-17-9-5-10-18-25)26-19-11-6-12-20-26/h5-6,9-12,17-20,24,27,29-30H,4,7-8,13-16,21-23,34H2,1-3H3,(H,35,39)(H,36,38)/t27-,29+/m1/s1. The Hall–Kier alpha value is -3.19. The van der Waals surface area contributed by atoms with E-state index in [1.165, 1.54) is 6.42 Å². The van der Waals surface area contributed by atoms with Gasteiger partial charge in [0.15, 0.2) is 5.78 Å². The number of Topliss-reactive ketones (excluding diaryl/α,β-unsaturated/α-hetero) is 1. The van der Waals surface area contributed by atoms with Crippen LogP contribution in [0.5, 0.6) is 0 Å². The third kappa shape index (κ3) is 10.4. The molecule has 7 heteroatoms. The number of ether oxygens (including phenoxy) is 1. The summed E-state index contributed by atoms with van der Waals surface area (Å²) >= 11 is 0. The van der Waals surface area contributed by atoms with Gasteiger partial charge in [0.2, 0.25) is 5.91 Å². The molecule has 1 aliphatic carbocycles. The van der Waals surface area contributed by atoms with E-state index in [1.807, 2.05) is 81.4 Å². The van der Waals surface area contributed by atoms with Crippen LogP contribution in [-0.2, 0) is 14.3 Å². The van der Waals surface area contributed by atoms with Crippen LogP contribution in [0.15, 0.2) is 60.7 Å². The molecule has 2 aromatic carbocycles. The van der Waals surface area contributed by atoms with E-state index in [4.69, 9.17) is 10.5 Å². The lowest BCUT2D eigenvalue weighted by Gasteiger charge is -2.28. The lowest BCUT2D eigenvalue weighted by molar-refractivity contribution is -0.131. The number of rotatable bonds is 13. The number of ketones is 1. The molecule has 218 valence electrons. The quantitative estimate of drug-likeness (QED) is 0.263. The van der Waals surface area contributed by atoms with E-state index >= 15 is 0 Å². The molecular formula is C33H47N3O4. The van der Waals surface area contributed by atoms with Crippen molar-refractivity contribution in [1.82, 2.24) is 10.6 Å². The van der Waals surface area contributed by atoms with E-state index in [0.29, 0.717) is 25.8 Å². The van der Waals surface area contributed by atoms with Crippen molar-refractivity contribution < 1.29 is 19.1 Å². The normalized spacial score (nSPS) is 15.7. The van der Waals surface area contributed by atoms with Crippen LogP contribution in [0.25, 0.3) is 0 Å². The van der Waals surface area contributed by atoms with Crippen molar-refractivity contribution in [3.63, 3.8) is 0 Å². The zero-order valence-electron chi connectivity index (χ0n) is 24.4. The second-order valence-electron chi connectivity index (χ2n) is 12.0. The lowest BCUT2D eigenvalue weighted by atomic mass is 9.80. The first kappa shape index (κ1) is 31.3. The SMILES string of the molecule is CC(C)(C)OC(=O)NCCCC[C@H](CC(=O)[C@@H](N)C1CCCCC1)C(=O)NC(c1ccccc1)c1ccccc1. The maximum Gasteiger partial charge on any atom is 0.407 e. The fraction of sp³-hybridized carbons (Fsp3) is 0.545. The molecule has 0 bridgehead atoms. The molecule has 2 aromatic rings. The van der Waals surface area contributed by atoms with Gasteiger partial charge in [-0.2, -0.15) is 0 Å². The van der Waals surface area contributed by atoms with Crippen LogP contribution in [0, 0.1) is 11.8 Å². The minimum Gasteiger partial charge on any atom is -0.444 e. The topological polar surface area (TPSA) is 111 Å². The summed E-state index contributed by atoms with van der Waals surface area (Å²) in [6, 6.07) is 18.9. The number of hydrogen-bond acceptors (Lipinski definition) is 5. The van der Waals surface area contributed by atoms with Gasteiger partial charge in [0.05, 0.1) is 12.1 Å². The van der Waals surface area contributed by atoms with Gasteiger partial charge in [-0.1, -0.05) is 86.3 Å². The van der Waals surface area contributed by atoms with Gasteiger partial charge < -0.3 is 21.1 Å². The van der Waals surface area contributed by atoms with Crippen molar-refractivity contribution in [1.29, 1.82) is 0 Å². The van der Waals surface area contributed by atoms with E-state index in [2.05, 4.69) is 10.6 Å². The van der Waals surface area contributed by atoms with Crippen LogP contribution >= 0.6 is 0 Å². The average Bonchev–Trinajstić information content (AvgIpc) is 2.95. The summed E-state index contributed by atoms with van der Waals surface area (Å²) < 4.78 is 5.30. The Bertz CT molecular complexity index is 1020. The third-order valence-corrected chi connectivity index (χ3v) is 7.55. The Morgan fingerprint density at radius 1 is 0.900 bits per heavy atom. The van der Waals surface area contributed by atoms with Gasteiger partial charge in [-0.05, 0) is 63.5 Å². The van der Waals surface area contributed by atoms with E-state index in [0.717, 1.165) is 36.8 Å². The molecule has 0 saturated heterocycles. The molecule has 0 unspecified atom stereocenters. The third-order valence-electron chi connectivity index (χ3n) is 7.55. The summed E-state index contributed by atoms with van der Waals surface area (Å²) in [4.78, 5) is 39.1. The van der Waals surface area contributed by atoms with E-state index in [9.17, 15) is 14.4 Å². The largest absolute Gasteiger partial charge is 0.444 e. The van der Waals surface area contributed by atoms with Crippen LogP contribution in [-0.4, -0.2) is 36.0 Å². The molecule has 2 amide bonds. The number of hydrogen-bond donors (Lipinski definition) is 3. The molecule has 2 atom stereocenters. The number of amides is 2. The molecule has 40 heavy (non-hydrogen) atoms. The molecule has 0 radical (unpaired) electrons. The summed E-state index contributed by atoms with van der Waals surface area (Å²) in [7, 11) is 0. The van der Waals surface area contributed by atoms with Gasteiger partial charge in [0, 0.05) is 18.9 Å². The molecule has 3 rings (SSSR count). The highest BCUT2D eigenvalue weighted by molar-refractivity contribution is 5.90. The van der Waals surface area contributed by atoms with Crippen LogP contribution in [0.1, 0.15) is 95.7 Å². The van der Waals surface area contributed by atoms with Crippen molar-refractivity contribution >= 4 is 17.8 Å². The highest BCUT2D eigenvalue weighted by Crippen LogP contribution is 2.28. The van der Waals surface area contributed by atoms with Gasteiger partial charge in [0.25, 0.3) is 0 Å². The predicted molar refractivity (Wildman–Crippen MR) is 159 cm³/mol. The molecular weight excluding hydrogens is 502 g/mol. The summed E-state index contributed by atoms with van der Waals surface area (Å²) in [5.74, 6) is -0.486. The highest BCUT2D eigenvalue weighted by Gasteiger charge is 2.31. The van der Waals surface area contributed by atoms with Crippen molar-refractivity contribution in [2.75, 3.05) is 6.54 Å². The average molecular weight is 550 g/mol. The number of nitrogens with one attached hydrogen (secondary N) is 2. The smallest absolute Gasteiger partial charge is 0.407 e. The first-order valence-electron chi connectivity index (χ1n) is 14.8. The van der Waals surface area contributed by atoms with Gasteiger partial charge in [-0.3, -0.25) is 9.59 Å². The first-order valence-corrected chi connectivity index (χ1v) is 14.8. The number of benzene rings is 2. The van der Waals surface area contributed by atoms with Crippen molar-refractivity contribution in [3.05, 3.63) is 71.8 Å². The first-order chi connectivity index (χ1) is 19.1. The summed E-state index contributed by atoms with van der Waals surface area (Å²) in [6.07, 6.45) is 6.92. The highest BCUT2D eigenvalue weighted by atomic mass is 16.6. The zero-order valence-corrected chi connectivity index (χ0v) is 24.4. The fourth-order valence-electron chi connectivity index (χ4n) is 5.39. The van der Waals surface area contributed by atoms with Crippen molar-refractivity contribution in [2.24, 2.45) is 17.6 Å². The van der Waals surface area contributed by atoms with Crippen molar-refractivity contribution in [2.45, 2.75) is 96.2 Å². The second kappa shape index (κ2) is 15.6. The van der Waals surface area contributed by atoms with E-state index < -0.39 is 23.7 Å². The van der Waals surface area contributed by atoms with Gasteiger partial charge in [-0.25, -0.2) is 4.79 Å². The minimum atomic E-state index is -0.557. The summed E-state index contributed by atoms with van der Waals surface area (Å²) in [6.45, 7) is 5.91. The van der Waals surface area contributed by atoms with Gasteiger partial charge in [-0.15, -0.1) is 0 Å². The Labute approximate surface area is 239 Å². The molecule has 4 N–H and O–H groups in total. The maximum absolute atomic E-state index is 13.8. The van der Waals surface area contributed by atoms with E-state index in [-0.39, 0.29) is 30.1 Å². The molecule has 0 aromatic heterocycles. The van der Waals surface area contributed by atoms with Gasteiger partial charge >= 0.3 is 6.09 Å². The van der Waals surface area contributed by atoms with Crippen LogP contribution < -0.4 is 16.4 Å². The Kier molecular flexibility index (Phi) is 12.2. The summed E-state index contributed by atoms with van der Waals surface area (Å²) in [5.41, 5.74) is 7.84. The van der Waals surface area contributed by atoms with Gasteiger partial charge in [0.1, 0.15) is 5.60 Å². The Balaban J connectivity index is 1.68. The minimum absolute atomic E-state index is 0.0325. The molecule has 0 aliphatic heterocycles. The van der Waals surface area contributed by atoms with Crippen molar-refractivity contribution in [3.8, 4) is 0 Å². The molecule has 7 nitrogen and oxygen atoms in total. The molecule has 1 aliphatic rings. The predicted octanol–water partition coefficient (Wildman–Crippen LogP) is 6.07. The molecule has 0 heterocycles. The zero-order chi connectivity index (χ0) is 29.0. The number of carbonyl (C=O) groups excluding carboxylic acids is 3. The number of carbonyl (C=O) groups is 3. The van der Waals surface area contributed by atoms with Crippen LogP contribution in [0.2, 0.25) is 0 Å². The molecule has 1 saturated carbocycles. The summed E-state index contributed by atoms with van der Waals surface area (Å²) in [5, 5.41) is 6.01. The van der Waals surface area contributed by atoms with Crippen LogP contribution in [0.4, 0.5) is 4.79 Å². The maximum atomic E-state index is 13.8. The molecule has 1 fully saturated rings. The Morgan fingerprint density at radius 3 is 2.02 bits per heavy atom. The van der Waals surface area contributed by atoms with Crippen LogP contribution in [0.3, 0.4) is 0 Å². The number of nitrogens with two attached hydrogens (primary N) is 1. The number of unbranched alkanes of at least 4 members (excludes halogenated alkanes) is 1.